The standard InChI is InChI=1S/C17H15N3O4S/c1-23-14-8-3-2-7-13(14)18-15(22)10-25-17-20-19-16(24-17)11-5-4-6-12(21)9-11/h2-9,21H,10H2,1H3,(H,18,22). The zero-order chi connectivity index (χ0) is 17.6. The Balaban J connectivity index is 1.59. The quantitative estimate of drug-likeness (QED) is 0.654. The number of nitrogens with zero attached hydrogens (tertiary/aromatic N) is 2. The van der Waals surface area contributed by atoms with E-state index in [1.54, 1.807) is 37.4 Å². The first-order valence-electron chi connectivity index (χ1n) is 7.34. The van der Waals surface area contributed by atoms with E-state index in [9.17, 15) is 9.90 Å². The second-order valence-corrected chi connectivity index (χ2v) is 5.89. The monoisotopic (exact) mass is 357 g/mol. The molecule has 3 rings (SSSR count). The van der Waals surface area contributed by atoms with Gasteiger partial charge in [0.25, 0.3) is 5.22 Å². The highest BCUT2D eigenvalue weighted by Crippen LogP contribution is 2.26. The zero-order valence-corrected chi connectivity index (χ0v) is 14.1. The van der Waals surface area contributed by atoms with Crippen molar-refractivity contribution < 1.29 is 19.1 Å². The summed E-state index contributed by atoms with van der Waals surface area (Å²) in [4.78, 5) is 12.1. The highest BCUT2D eigenvalue weighted by Gasteiger charge is 2.12. The van der Waals surface area contributed by atoms with Gasteiger partial charge in [-0.15, -0.1) is 10.2 Å². The summed E-state index contributed by atoms with van der Waals surface area (Å²) >= 11 is 1.13. The first-order chi connectivity index (χ1) is 12.2. The molecule has 0 fully saturated rings. The average molecular weight is 357 g/mol. The van der Waals surface area contributed by atoms with Crippen molar-refractivity contribution in [3.8, 4) is 23.0 Å². The van der Waals surface area contributed by atoms with Gasteiger partial charge < -0.3 is 19.6 Å². The number of para-hydroxylation sites is 2. The summed E-state index contributed by atoms with van der Waals surface area (Å²) in [5, 5.41) is 20.3. The number of aromatic hydroxyl groups is 1. The molecule has 0 atom stereocenters. The lowest BCUT2D eigenvalue weighted by Crippen LogP contribution is -2.14. The van der Waals surface area contributed by atoms with Crippen LogP contribution in [0.3, 0.4) is 0 Å². The van der Waals surface area contributed by atoms with Gasteiger partial charge in [-0.1, -0.05) is 30.0 Å². The lowest BCUT2D eigenvalue weighted by atomic mass is 10.2. The number of carbonyl (C=O) groups is 1. The van der Waals surface area contributed by atoms with E-state index in [1.165, 1.54) is 6.07 Å². The normalized spacial score (nSPS) is 10.4. The molecule has 0 aliphatic heterocycles. The molecule has 2 aromatic carbocycles. The summed E-state index contributed by atoms with van der Waals surface area (Å²) in [7, 11) is 1.54. The van der Waals surface area contributed by atoms with Crippen molar-refractivity contribution in [2.24, 2.45) is 0 Å². The molecule has 7 nitrogen and oxygen atoms in total. The van der Waals surface area contributed by atoms with Crippen LogP contribution in [0, 0.1) is 0 Å². The van der Waals surface area contributed by atoms with Gasteiger partial charge in [0, 0.05) is 5.56 Å². The van der Waals surface area contributed by atoms with Crippen LogP contribution in [-0.2, 0) is 4.79 Å². The van der Waals surface area contributed by atoms with Crippen molar-refractivity contribution in [3.63, 3.8) is 0 Å². The Morgan fingerprint density at radius 2 is 2.08 bits per heavy atom. The SMILES string of the molecule is COc1ccccc1NC(=O)CSc1nnc(-c2cccc(O)c2)o1. The predicted octanol–water partition coefficient (Wildman–Crippen LogP) is 3.18. The number of ether oxygens (including phenoxy) is 1. The molecule has 1 amide bonds. The van der Waals surface area contributed by atoms with E-state index >= 15 is 0 Å². The molecule has 128 valence electrons. The van der Waals surface area contributed by atoms with E-state index < -0.39 is 0 Å². The fourth-order valence-electron chi connectivity index (χ4n) is 2.09. The third kappa shape index (κ3) is 4.30. The third-order valence-corrected chi connectivity index (χ3v) is 4.03. The van der Waals surface area contributed by atoms with Gasteiger partial charge in [0.2, 0.25) is 11.8 Å². The van der Waals surface area contributed by atoms with Crippen molar-refractivity contribution in [2.45, 2.75) is 5.22 Å². The number of phenolic OH excluding ortho intramolecular Hbond substituents is 1. The molecule has 1 aromatic heterocycles. The Bertz CT molecular complexity index is 882. The average Bonchev–Trinajstić information content (AvgIpc) is 3.09. The minimum atomic E-state index is -0.216. The van der Waals surface area contributed by atoms with E-state index in [-0.39, 0.29) is 28.5 Å². The van der Waals surface area contributed by atoms with Gasteiger partial charge in [-0.25, -0.2) is 0 Å². The fourth-order valence-corrected chi connectivity index (χ4v) is 2.65. The first-order valence-corrected chi connectivity index (χ1v) is 8.33. The number of hydrogen-bond acceptors (Lipinski definition) is 7. The molecule has 8 heteroatoms. The molecule has 0 unspecified atom stereocenters. The van der Waals surface area contributed by atoms with Crippen LogP contribution in [0.4, 0.5) is 5.69 Å². The topological polar surface area (TPSA) is 97.5 Å². The maximum Gasteiger partial charge on any atom is 0.277 e. The Hall–Kier alpha value is -3.00. The van der Waals surface area contributed by atoms with E-state index in [1.807, 2.05) is 12.1 Å². The molecule has 0 spiro atoms. The van der Waals surface area contributed by atoms with Crippen molar-refractivity contribution in [3.05, 3.63) is 48.5 Å². The number of rotatable bonds is 6. The lowest BCUT2D eigenvalue weighted by molar-refractivity contribution is -0.113. The minimum absolute atomic E-state index is 0.111. The Kier molecular flexibility index (Phi) is 5.20. The van der Waals surface area contributed by atoms with E-state index in [2.05, 4.69) is 15.5 Å². The van der Waals surface area contributed by atoms with Crippen LogP contribution < -0.4 is 10.1 Å². The molecule has 0 aliphatic carbocycles. The molecule has 0 saturated carbocycles. The number of anilines is 1. The lowest BCUT2D eigenvalue weighted by Gasteiger charge is -2.08. The molecule has 2 N–H and O–H groups in total. The molecule has 1 heterocycles. The van der Waals surface area contributed by atoms with Crippen LogP contribution in [0.25, 0.3) is 11.5 Å². The Morgan fingerprint density at radius 1 is 1.24 bits per heavy atom. The number of hydrogen-bond donors (Lipinski definition) is 2. The molecule has 0 aliphatic rings. The number of phenols is 1. The first kappa shape index (κ1) is 16.8. The van der Waals surface area contributed by atoms with Crippen LogP contribution in [0.1, 0.15) is 0 Å². The van der Waals surface area contributed by atoms with Crippen molar-refractivity contribution in [2.75, 3.05) is 18.2 Å². The van der Waals surface area contributed by atoms with Gasteiger partial charge >= 0.3 is 0 Å². The molecule has 0 saturated heterocycles. The van der Waals surface area contributed by atoms with Gasteiger partial charge in [-0.05, 0) is 30.3 Å². The predicted molar refractivity (Wildman–Crippen MR) is 93.7 cm³/mol. The molecular weight excluding hydrogens is 342 g/mol. The minimum Gasteiger partial charge on any atom is -0.508 e. The second kappa shape index (κ2) is 7.71. The number of methoxy groups -OCH3 is 1. The smallest absolute Gasteiger partial charge is 0.277 e. The summed E-state index contributed by atoms with van der Waals surface area (Å²) in [5.74, 6) is 0.876. The summed E-state index contributed by atoms with van der Waals surface area (Å²) in [5.41, 5.74) is 1.21. The van der Waals surface area contributed by atoms with E-state index in [0.717, 1.165) is 11.8 Å². The molecule has 0 bridgehead atoms. The van der Waals surface area contributed by atoms with Gasteiger partial charge in [0.05, 0.1) is 18.6 Å². The Labute approximate surface area is 148 Å². The second-order valence-electron chi connectivity index (χ2n) is 4.96. The number of carbonyl (C=O) groups excluding carboxylic acids is 1. The number of thioether (sulfide) groups is 1. The van der Waals surface area contributed by atoms with Crippen LogP contribution in [-0.4, -0.2) is 34.1 Å². The van der Waals surface area contributed by atoms with Crippen molar-refractivity contribution in [1.82, 2.24) is 10.2 Å². The van der Waals surface area contributed by atoms with Gasteiger partial charge in [0.15, 0.2) is 0 Å². The number of benzene rings is 2. The molecule has 0 radical (unpaired) electrons. The van der Waals surface area contributed by atoms with Crippen LogP contribution in [0.5, 0.6) is 11.5 Å². The van der Waals surface area contributed by atoms with E-state index in [0.29, 0.717) is 17.0 Å². The van der Waals surface area contributed by atoms with Crippen molar-refractivity contribution in [1.29, 1.82) is 0 Å². The van der Waals surface area contributed by atoms with E-state index in [4.69, 9.17) is 9.15 Å². The summed E-state index contributed by atoms with van der Waals surface area (Å²) in [6.07, 6.45) is 0. The Morgan fingerprint density at radius 3 is 2.88 bits per heavy atom. The highest BCUT2D eigenvalue weighted by molar-refractivity contribution is 7.99. The van der Waals surface area contributed by atoms with Gasteiger partial charge in [0.1, 0.15) is 11.5 Å². The van der Waals surface area contributed by atoms with Crippen LogP contribution in [0.15, 0.2) is 58.2 Å². The zero-order valence-electron chi connectivity index (χ0n) is 13.3. The maximum atomic E-state index is 12.1. The molecule has 3 aromatic rings. The number of nitrogens with one attached hydrogen (secondary N) is 1. The van der Waals surface area contributed by atoms with Crippen molar-refractivity contribution >= 4 is 23.4 Å². The summed E-state index contributed by atoms with van der Waals surface area (Å²) in [6, 6.07) is 13.7. The summed E-state index contributed by atoms with van der Waals surface area (Å²) < 4.78 is 10.7. The summed E-state index contributed by atoms with van der Waals surface area (Å²) in [6.45, 7) is 0. The molecular formula is C17H15N3O4S. The highest BCUT2D eigenvalue weighted by atomic mass is 32.2. The van der Waals surface area contributed by atoms with Crippen LogP contribution >= 0.6 is 11.8 Å². The fraction of sp³-hybridized carbons (Fsp3) is 0.118. The third-order valence-electron chi connectivity index (χ3n) is 3.21. The number of aromatic nitrogens is 2. The largest absolute Gasteiger partial charge is 0.508 e. The maximum absolute atomic E-state index is 12.1. The van der Waals surface area contributed by atoms with Crippen LogP contribution in [0.2, 0.25) is 0 Å². The van der Waals surface area contributed by atoms with Gasteiger partial charge in [-0.3, -0.25) is 4.79 Å². The molecule has 25 heavy (non-hydrogen) atoms. The van der Waals surface area contributed by atoms with Gasteiger partial charge in [-0.2, -0.15) is 0 Å². The number of amides is 1.